The number of methoxy groups -OCH3 is 3. The number of aromatic nitrogens is 4. The van der Waals surface area contributed by atoms with E-state index in [0.29, 0.717) is 28.9 Å². The Morgan fingerprint density at radius 3 is 2.44 bits per heavy atom. The number of nitrogens with one attached hydrogen (secondary N) is 1. The predicted octanol–water partition coefficient (Wildman–Crippen LogP) is 4.90. The largest absolute Gasteiger partial charge is 0.493 e. The van der Waals surface area contributed by atoms with Gasteiger partial charge >= 0.3 is 0 Å². The van der Waals surface area contributed by atoms with Crippen LogP contribution in [0.4, 0.5) is 11.6 Å². The third-order valence-corrected chi connectivity index (χ3v) is 6.95. The molecule has 0 spiro atoms. The maximum Gasteiger partial charge on any atom is 0.225 e. The van der Waals surface area contributed by atoms with Crippen molar-refractivity contribution in [3.05, 3.63) is 40.9 Å². The molecule has 0 unspecified atom stereocenters. The number of benzene rings is 1. The van der Waals surface area contributed by atoms with Gasteiger partial charge in [-0.05, 0) is 43.6 Å². The van der Waals surface area contributed by atoms with E-state index in [9.17, 15) is 0 Å². The van der Waals surface area contributed by atoms with Gasteiger partial charge in [-0.3, -0.25) is 4.90 Å². The average molecular weight is 501 g/mol. The van der Waals surface area contributed by atoms with E-state index >= 15 is 0 Å². The Bertz CT molecular complexity index is 1290. The van der Waals surface area contributed by atoms with Gasteiger partial charge in [0, 0.05) is 23.6 Å². The first-order valence-corrected chi connectivity index (χ1v) is 12.1. The van der Waals surface area contributed by atoms with Crippen LogP contribution in [0.5, 0.6) is 17.2 Å². The van der Waals surface area contributed by atoms with Gasteiger partial charge in [0.2, 0.25) is 11.0 Å². The smallest absolute Gasteiger partial charge is 0.225 e. The van der Waals surface area contributed by atoms with Crippen LogP contribution < -0.4 is 19.5 Å². The van der Waals surface area contributed by atoms with Gasteiger partial charge in [0.15, 0.2) is 11.5 Å². The predicted molar refractivity (Wildman–Crippen MR) is 133 cm³/mol. The fourth-order valence-electron chi connectivity index (χ4n) is 4.15. The van der Waals surface area contributed by atoms with Crippen molar-refractivity contribution in [1.29, 1.82) is 0 Å². The lowest BCUT2D eigenvalue weighted by Gasteiger charge is -2.14. The third kappa shape index (κ3) is 4.48. The summed E-state index contributed by atoms with van der Waals surface area (Å²) in [6.45, 7) is 3.21. The van der Waals surface area contributed by atoms with Crippen LogP contribution in [0.3, 0.4) is 0 Å². The molecule has 1 fully saturated rings. The molecule has 9 nitrogen and oxygen atoms in total. The van der Waals surface area contributed by atoms with Gasteiger partial charge < -0.3 is 24.1 Å². The highest BCUT2D eigenvalue weighted by Gasteiger charge is 2.18. The van der Waals surface area contributed by atoms with Crippen molar-refractivity contribution < 1.29 is 14.2 Å². The van der Waals surface area contributed by atoms with E-state index < -0.39 is 0 Å². The molecule has 11 heteroatoms. The molecule has 4 aromatic rings. The quantitative estimate of drug-likeness (QED) is 0.342. The number of ether oxygens (including phenoxy) is 3. The normalized spacial score (nSPS) is 14.0. The Morgan fingerprint density at radius 1 is 1.03 bits per heavy atom. The zero-order valence-electron chi connectivity index (χ0n) is 19.2. The van der Waals surface area contributed by atoms with E-state index in [1.807, 2.05) is 22.9 Å². The van der Waals surface area contributed by atoms with Crippen LogP contribution in [0.15, 0.2) is 30.7 Å². The first kappa shape index (κ1) is 22.7. The van der Waals surface area contributed by atoms with Crippen molar-refractivity contribution in [2.75, 3.05) is 39.7 Å². The molecule has 5 rings (SSSR count). The first-order valence-electron chi connectivity index (χ1n) is 10.9. The second-order valence-electron chi connectivity index (χ2n) is 7.93. The molecule has 0 radical (unpaired) electrons. The summed E-state index contributed by atoms with van der Waals surface area (Å²) >= 11 is 7.89. The lowest BCUT2D eigenvalue weighted by molar-refractivity contribution is 0.324. The Kier molecular flexibility index (Phi) is 6.44. The number of imidazole rings is 1. The number of halogens is 1. The average Bonchev–Trinajstić information content (AvgIpc) is 3.59. The summed E-state index contributed by atoms with van der Waals surface area (Å²) < 4.78 is 18.2. The second-order valence-corrected chi connectivity index (χ2v) is 9.38. The topological polar surface area (TPSA) is 86.6 Å². The summed E-state index contributed by atoms with van der Waals surface area (Å²) in [5.41, 5.74) is 0.810. The van der Waals surface area contributed by atoms with Crippen molar-refractivity contribution in [2.45, 2.75) is 19.4 Å². The SMILES string of the molecule is COc1cc(-n2cnc(Nc3nc(Cl)nc4sc(CN5CCCC5)cc34)c2)cc(OC)c1OC. The standard InChI is InChI=1S/C23H25ClN6O3S/c1-31-17-8-14(9-18(32-2)20(17)33-3)30-12-19(25-13-30)26-21-16-10-15(11-29-6-4-5-7-29)34-22(16)28-23(24)27-21/h8-10,12-13H,4-7,11H2,1-3H3,(H,26,27,28). The molecule has 1 aromatic carbocycles. The van der Waals surface area contributed by atoms with Crippen LogP contribution in [0.25, 0.3) is 15.9 Å². The van der Waals surface area contributed by atoms with Crippen molar-refractivity contribution in [1.82, 2.24) is 24.4 Å². The van der Waals surface area contributed by atoms with E-state index in [1.165, 1.54) is 17.7 Å². The minimum absolute atomic E-state index is 0.202. The van der Waals surface area contributed by atoms with E-state index in [1.54, 1.807) is 39.0 Å². The second kappa shape index (κ2) is 9.65. The van der Waals surface area contributed by atoms with Crippen molar-refractivity contribution in [3.8, 4) is 22.9 Å². The summed E-state index contributed by atoms with van der Waals surface area (Å²) in [4.78, 5) is 17.9. The van der Waals surface area contributed by atoms with Crippen molar-refractivity contribution in [2.24, 2.45) is 0 Å². The lowest BCUT2D eigenvalue weighted by atomic mass is 10.2. The van der Waals surface area contributed by atoms with Gasteiger partial charge in [-0.25, -0.2) is 9.97 Å². The first-order chi connectivity index (χ1) is 16.6. The number of hydrogen-bond donors (Lipinski definition) is 1. The van der Waals surface area contributed by atoms with E-state index in [-0.39, 0.29) is 5.28 Å². The number of hydrogen-bond acceptors (Lipinski definition) is 9. The van der Waals surface area contributed by atoms with Crippen LogP contribution in [0.2, 0.25) is 5.28 Å². The summed E-state index contributed by atoms with van der Waals surface area (Å²) in [5.74, 6) is 2.92. The molecule has 0 atom stereocenters. The lowest BCUT2D eigenvalue weighted by Crippen LogP contribution is -2.17. The number of fused-ring (bicyclic) bond motifs is 1. The van der Waals surface area contributed by atoms with Crippen LogP contribution in [0.1, 0.15) is 17.7 Å². The van der Waals surface area contributed by atoms with Crippen molar-refractivity contribution in [3.63, 3.8) is 0 Å². The van der Waals surface area contributed by atoms with Gasteiger partial charge in [0.05, 0.1) is 38.6 Å². The molecule has 0 bridgehead atoms. The van der Waals surface area contributed by atoms with Gasteiger partial charge in [0.25, 0.3) is 0 Å². The van der Waals surface area contributed by atoms with Gasteiger partial charge in [-0.2, -0.15) is 4.98 Å². The Labute approximate surface area is 206 Å². The summed E-state index contributed by atoms with van der Waals surface area (Å²) in [6, 6.07) is 5.86. The molecular weight excluding hydrogens is 476 g/mol. The Balaban J connectivity index is 1.43. The fraction of sp³-hybridized carbons (Fsp3) is 0.348. The minimum atomic E-state index is 0.202. The van der Waals surface area contributed by atoms with E-state index in [4.69, 9.17) is 25.8 Å². The van der Waals surface area contributed by atoms with Crippen LogP contribution in [0, 0.1) is 0 Å². The molecule has 1 saturated heterocycles. The molecular formula is C23H25ClN6O3S. The maximum absolute atomic E-state index is 6.23. The third-order valence-electron chi connectivity index (χ3n) is 5.77. The van der Waals surface area contributed by atoms with Crippen molar-refractivity contribution >= 4 is 44.8 Å². The van der Waals surface area contributed by atoms with Crippen LogP contribution in [-0.4, -0.2) is 58.8 Å². The molecule has 0 aliphatic carbocycles. The monoisotopic (exact) mass is 500 g/mol. The van der Waals surface area contributed by atoms with E-state index in [0.717, 1.165) is 35.5 Å². The molecule has 3 aromatic heterocycles. The molecule has 34 heavy (non-hydrogen) atoms. The number of anilines is 2. The molecule has 1 N–H and O–H groups in total. The molecule has 4 heterocycles. The molecule has 0 saturated carbocycles. The highest BCUT2D eigenvalue weighted by molar-refractivity contribution is 7.18. The fourth-order valence-corrected chi connectivity index (χ4v) is 5.43. The van der Waals surface area contributed by atoms with Crippen LogP contribution in [-0.2, 0) is 6.54 Å². The summed E-state index contributed by atoms with van der Waals surface area (Å²) in [6.07, 6.45) is 6.09. The molecule has 1 aliphatic rings. The Morgan fingerprint density at radius 2 is 1.76 bits per heavy atom. The number of thiophene rings is 1. The zero-order chi connectivity index (χ0) is 23.7. The highest BCUT2D eigenvalue weighted by Crippen LogP contribution is 2.39. The number of nitrogens with zero attached hydrogens (tertiary/aromatic N) is 5. The number of rotatable bonds is 8. The minimum Gasteiger partial charge on any atom is -0.493 e. The summed E-state index contributed by atoms with van der Waals surface area (Å²) in [5, 5.41) is 4.44. The zero-order valence-corrected chi connectivity index (χ0v) is 20.7. The van der Waals surface area contributed by atoms with Gasteiger partial charge in [0.1, 0.15) is 22.8 Å². The van der Waals surface area contributed by atoms with Gasteiger partial charge in [-0.15, -0.1) is 11.3 Å². The van der Waals surface area contributed by atoms with Gasteiger partial charge in [-0.1, -0.05) is 0 Å². The van der Waals surface area contributed by atoms with E-state index in [2.05, 4.69) is 31.2 Å². The molecule has 0 amide bonds. The number of likely N-dealkylation sites (tertiary alicyclic amines) is 1. The molecule has 178 valence electrons. The maximum atomic E-state index is 6.23. The van der Waals surface area contributed by atoms with Crippen LogP contribution >= 0.6 is 22.9 Å². The summed E-state index contributed by atoms with van der Waals surface area (Å²) in [7, 11) is 4.75. The highest BCUT2D eigenvalue weighted by atomic mass is 35.5. The molecule has 1 aliphatic heterocycles. The Hall–Kier alpha value is -3.08.